The first-order valence-electron chi connectivity index (χ1n) is 7.61. The van der Waals surface area contributed by atoms with Gasteiger partial charge in [-0.2, -0.15) is 0 Å². The van der Waals surface area contributed by atoms with Crippen LogP contribution in [0.1, 0.15) is 5.56 Å². The number of hydrogen-bond donors (Lipinski definition) is 1. The van der Waals surface area contributed by atoms with E-state index in [2.05, 4.69) is 27.6 Å². The van der Waals surface area contributed by atoms with E-state index in [0.29, 0.717) is 12.3 Å². The fourth-order valence-electron chi connectivity index (χ4n) is 2.23. The molecular formula is C17H18N4OS2. The number of thioether (sulfide) groups is 1. The summed E-state index contributed by atoms with van der Waals surface area (Å²) in [6.07, 6.45) is 0.837. The quantitative estimate of drug-likeness (QED) is 0.660. The molecule has 0 atom stereocenters. The molecule has 0 aliphatic heterocycles. The van der Waals surface area contributed by atoms with Crippen LogP contribution in [0.4, 0.5) is 0 Å². The van der Waals surface area contributed by atoms with Crippen molar-refractivity contribution in [1.82, 2.24) is 20.1 Å². The normalized spacial score (nSPS) is 10.7. The highest BCUT2D eigenvalue weighted by molar-refractivity contribution is 7.99. The Morgan fingerprint density at radius 1 is 1.21 bits per heavy atom. The summed E-state index contributed by atoms with van der Waals surface area (Å²) in [5.41, 5.74) is 1.22. The summed E-state index contributed by atoms with van der Waals surface area (Å²) in [4.78, 5) is 13.0. The Hall–Kier alpha value is -2.12. The molecule has 3 aromatic rings. The van der Waals surface area contributed by atoms with Gasteiger partial charge in [-0.1, -0.05) is 48.2 Å². The van der Waals surface area contributed by atoms with Crippen molar-refractivity contribution in [2.45, 2.75) is 11.6 Å². The molecule has 1 N–H and O–H groups in total. The molecule has 5 nitrogen and oxygen atoms in total. The zero-order valence-corrected chi connectivity index (χ0v) is 14.9. The molecule has 2 aromatic heterocycles. The van der Waals surface area contributed by atoms with E-state index >= 15 is 0 Å². The third-order valence-corrected chi connectivity index (χ3v) is 5.37. The fraction of sp³-hybridized carbons (Fsp3) is 0.235. The largest absolute Gasteiger partial charge is 0.355 e. The van der Waals surface area contributed by atoms with Gasteiger partial charge in [-0.15, -0.1) is 21.5 Å². The van der Waals surface area contributed by atoms with E-state index < -0.39 is 0 Å². The average Bonchev–Trinajstić information content (AvgIpc) is 3.24. The smallest absolute Gasteiger partial charge is 0.230 e. The van der Waals surface area contributed by atoms with Gasteiger partial charge in [0.2, 0.25) is 5.91 Å². The Morgan fingerprint density at radius 3 is 2.79 bits per heavy atom. The van der Waals surface area contributed by atoms with Crippen LogP contribution in [-0.2, 0) is 18.3 Å². The Bertz CT molecular complexity index is 784. The van der Waals surface area contributed by atoms with Gasteiger partial charge in [-0.05, 0) is 23.4 Å². The molecular weight excluding hydrogens is 340 g/mol. The minimum absolute atomic E-state index is 0.0107. The molecule has 1 aromatic carbocycles. The van der Waals surface area contributed by atoms with Gasteiger partial charge in [0.1, 0.15) is 0 Å². The minimum atomic E-state index is 0.0107. The molecule has 2 heterocycles. The highest BCUT2D eigenvalue weighted by Gasteiger charge is 2.13. The molecule has 1 amide bonds. The Morgan fingerprint density at radius 2 is 2.04 bits per heavy atom. The molecule has 124 valence electrons. The zero-order valence-electron chi connectivity index (χ0n) is 13.3. The van der Waals surface area contributed by atoms with E-state index in [4.69, 9.17) is 0 Å². The molecule has 0 bridgehead atoms. The summed E-state index contributed by atoms with van der Waals surface area (Å²) in [6.45, 7) is 0.642. The predicted molar refractivity (Wildman–Crippen MR) is 98.2 cm³/mol. The summed E-state index contributed by atoms with van der Waals surface area (Å²) in [7, 11) is 1.92. The van der Waals surface area contributed by atoms with Crippen molar-refractivity contribution in [1.29, 1.82) is 0 Å². The first-order valence-corrected chi connectivity index (χ1v) is 9.47. The number of thiophene rings is 1. The summed E-state index contributed by atoms with van der Waals surface area (Å²) in [5.74, 6) is 1.18. The maximum atomic E-state index is 12.0. The minimum Gasteiger partial charge on any atom is -0.355 e. The number of nitrogens with zero attached hydrogens (tertiary/aromatic N) is 3. The molecule has 0 spiro atoms. The molecule has 3 rings (SSSR count). The van der Waals surface area contributed by atoms with Crippen LogP contribution in [0.2, 0.25) is 0 Å². The van der Waals surface area contributed by atoms with Gasteiger partial charge >= 0.3 is 0 Å². The van der Waals surface area contributed by atoms with Crippen LogP contribution < -0.4 is 5.32 Å². The highest BCUT2D eigenvalue weighted by Crippen LogP contribution is 2.25. The number of carbonyl (C=O) groups excluding carboxylic acids is 1. The van der Waals surface area contributed by atoms with Crippen molar-refractivity contribution >= 4 is 29.0 Å². The molecule has 0 fully saturated rings. The van der Waals surface area contributed by atoms with E-state index in [1.54, 1.807) is 11.3 Å². The Balaban J connectivity index is 1.46. The van der Waals surface area contributed by atoms with Crippen molar-refractivity contribution in [3.63, 3.8) is 0 Å². The van der Waals surface area contributed by atoms with Gasteiger partial charge in [-0.3, -0.25) is 4.79 Å². The van der Waals surface area contributed by atoms with E-state index in [1.807, 2.05) is 47.3 Å². The van der Waals surface area contributed by atoms with E-state index in [0.717, 1.165) is 22.3 Å². The summed E-state index contributed by atoms with van der Waals surface area (Å²) in [5, 5.41) is 14.1. The highest BCUT2D eigenvalue weighted by atomic mass is 32.2. The second-order valence-electron chi connectivity index (χ2n) is 5.22. The van der Waals surface area contributed by atoms with Crippen LogP contribution in [-0.4, -0.2) is 33.0 Å². The lowest BCUT2D eigenvalue weighted by Crippen LogP contribution is -2.27. The standard InChI is InChI=1S/C17H18N4OS2/c1-21-16(14-8-5-11-23-14)19-20-17(21)24-12-15(22)18-10-9-13-6-3-2-4-7-13/h2-8,11H,9-10,12H2,1H3,(H,18,22). The van der Waals surface area contributed by atoms with Crippen LogP contribution >= 0.6 is 23.1 Å². The second kappa shape index (κ2) is 8.12. The third kappa shape index (κ3) is 4.24. The Labute approximate surface area is 149 Å². The predicted octanol–water partition coefficient (Wildman–Crippen LogP) is 2.99. The van der Waals surface area contributed by atoms with Crippen molar-refractivity contribution in [2.75, 3.05) is 12.3 Å². The molecule has 7 heteroatoms. The third-order valence-electron chi connectivity index (χ3n) is 3.49. The number of rotatable bonds is 7. The summed E-state index contributed by atoms with van der Waals surface area (Å²) < 4.78 is 1.92. The lowest BCUT2D eigenvalue weighted by atomic mass is 10.1. The summed E-state index contributed by atoms with van der Waals surface area (Å²) in [6, 6.07) is 14.1. The maximum absolute atomic E-state index is 12.0. The molecule has 24 heavy (non-hydrogen) atoms. The number of hydrogen-bond acceptors (Lipinski definition) is 5. The summed E-state index contributed by atoms with van der Waals surface area (Å²) >= 11 is 3.03. The number of benzene rings is 1. The average molecular weight is 358 g/mol. The van der Waals surface area contributed by atoms with Crippen LogP contribution in [0, 0.1) is 0 Å². The zero-order chi connectivity index (χ0) is 16.8. The SMILES string of the molecule is Cn1c(SCC(=O)NCCc2ccccc2)nnc1-c1cccs1. The fourth-order valence-corrected chi connectivity index (χ4v) is 3.72. The molecule has 0 saturated heterocycles. The molecule has 0 unspecified atom stereocenters. The maximum Gasteiger partial charge on any atom is 0.230 e. The van der Waals surface area contributed by atoms with Gasteiger partial charge in [0.25, 0.3) is 0 Å². The lowest BCUT2D eigenvalue weighted by Gasteiger charge is -2.05. The van der Waals surface area contributed by atoms with Gasteiger partial charge < -0.3 is 9.88 Å². The van der Waals surface area contributed by atoms with Gasteiger partial charge in [0, 0.05) is 13.6 Å². The van der Waals surface area contributed by atoms with E-state index in [-0.39, 0.29) is 5.91 Å². The van der Waals surface area contributed by atoms with Crippen LogP contribution in [0.5, 0.6) is 0 Å². The lowest BCUT2D eigenvalue weighted by molar-refractivity contribution is -0.118. The second-order valence-corrected chi connectivity index (χ2v) is 7.11. The first kappa shape index (κ1) is 16.7. The monoisotopic (exact) mass is 358 g/mol. The van der Waals surface area contributed by atoms with E-state index in [9.17, 15) is 4.79 Å². The number of aromatic nitrogens is 3. The van der Waals surface area contributed by atoms with E-state index in [1.165, 1.54) is 17.3 Å². The van der Waals surface area contributed by atoms with Crippen molar-refractivity contribution < 1.29 is 4.79 Å². The van der Waals surface area contributed by atoms with Crippen molar-refractivity contribution in [2.24, 2.45) is 7.05 Å². The Kier molecular flexibility index (Phi) is 5.66. The number of nitrogens with one attached hydrogen (secondary N) is 1. The van der Waals surface area contributed by atoms with Crippen molar-refractivity contribution in [3.05, 3.63) is 53.4 Å². The van der Waals surface area contributed by atoms with Crippen LogP contribution in [0.25, 0.3) is 10.7 Å². The van der Waals surface area contributed by atoms with Gasteiger partial charge in [0.05, 0.1) is 10.6 Å². The molecule has 0 saturated carbocycles. The molecule has 0 aliphatic rings. The van der Waals surface area contributed by atoms with Crippen LogP contribution in [0.15, 0.2) is 53.0 Å². The topological polar surface area (TPSA) is 59.8 Å². The van der Waals surface area contributed by atoms with Crippen molar-refractivity contribution in [3.8, 4) is 10.7 Å². The van der Waals surface area contributed by atoms with Crippen LogP contribution in [0.3, 0.4) is 0 Å². The molecule has 0 aliphatic carbocycles. The number of amides is 1. The number of carbonyl (C=O) groups is 1. The molecule has 0 radical (unpaired) electrons. The van der Waals surface area contributed by atoms with Gasteiger partial charge in [-0.25, -0.2) is 0 Å². The van der Waals surface area contributed by atoms with Gasteiger partial charge in [0.15, 0.2) is 11.0 Å². The first-order chi connectivity index (χ1) is 11.7.